The molecular formula is C9H15F2NO2. The Morgan fingerprint density at radius 1 is 1.50 bits per heavy atom. The van der Waals surface area contributed by atoms with E-state index in [1.54, 1.807) is 20.8 Å². The van der Waals surface area contributed by atoms with Crippen LogP contribution in [0.15, 0.2) is 0 Å². The first-order valence-electron chi connectivity index (χ1n) is 4.57. The molecule has 0 saturated heterocycles. The minimum absolute atomic E-state index is 0.344. The average Bonchev–Trinajstić information content (AvgIpc) is 2.61. The van der Waals surface area contributed by atoms with Gasteiger partial charge in [0.05, 0.1) is 0 Å². The van der Waals surface area contributed by atoms with E-state index >= 15 is 0 Å². The molecule has 0 spiro atoms. The summed E-state index contributed by atoms with van der Waals surface area (Å²) in [6.07, 6.45) is -2.63. The monoisotopic (exact) mass is 207 g/mol. The molecule has 1 aliphatic rings. The SMILES string of the molecule is CC(C)(C)OC(=O)NC1CC1C(F)F. The van der Waals surface area contributed by atoms with Crippen molar-refractivity contribution in [2.45, 2.75) is 45.3 Å². The van der Waals surface area contributed by atoms with Gasteiger partial charge in [0, 0.05) is 12.0 Å². The van der Waals surface area contributed by atoms with Gasteiger partial charge in [-0.15, -0.1) is 0 Å². The van der Waals surface area contributed by atoms with Crippen LogP contribution in [-0.4, -0.2) is 24.2 Å². The number of halogens is 2. The van der Waals surface area contributed by atoms with Gasteiger partial charge in [-0.25, -0.2) is 13.6 Å². The number of carbonyl (C=O) groups excluding carboxylic acids is 1. The fourth-order valence-corrected chi connectivity index (χ4v) is 1.12. The van der Waals surface area contributed by atoms with Crippen LogP contribution in [0.2, 0.25) is 0 Å². The van der Waals surface area contributed by atoms with Gasteiger partial charge in [-0.2, -0.15) is 0 Å². The number of carbonyl (C=O) groups is 1. The van der Waals surface area contributed by atoms with E-state index in [1.807, 2.05) is 0 Å². The van der Waals surface area contributed by atoms with Crippen LogP contribution < -0.4 is 5.32 Å². The van der Waals surface area contributed by atoms with Crippen LogP contribution in [-0.2, 0) is 4.74 Å². The minimum Gasteiger partial charge on any atom is -0.444 e. The molecule has 0 aromatic carbocycles. The van der Waals surface area contributed by atoms with Gasteiger partial charge in [-0.3, -0.25) is 0 Å². The van der Waals surface area contributed by atoms with Crippen LogP contribution in [0, 0.1) is 5.92 Å². The fraction of sp³-hybridized carbons (Fsp3) is 0.889. The molecule has 2 unspecified atom stereocenters. The largest absolute Gasteiger partial charge is 0.444 e. The highest BCUT2D eigenvalue weighted by Gasteiger charge is 2.45. The summed E-state index contributed by atoms with van der Waals surface area (Å²) in [5.74, 6) is -0.692. The molecule has 0 aliphatic heterocycles. The molecule has 5 heteroatoms. The lowest BCUT2D eigenvalue weighted by Gasteiger charge is -2.19. The van der Waals surface area contributed by atoms with Gasteiger partial charge < -0.3 is 10.1 Å². The van der Waals surface area contributed by atoms with E-state index in [1.165, 1.54) is 0 Å². The summed E-state index contributed by atoms with van der Waals surface area (Å²) in [5.41, 5.74) is -0.584. The highest BCUT2D eigenvalue weighted by Crippen LogP contribution is 2.36. The van der Waals surface area contributed by atoms with E-state index in [0.29, 0.717) is 6.42 Å². The maximum atomic E-state index is 12.1. The van der Waals surface area contributed by atoms with Crippen molar-refractivity contribution in [3.63, 3.8) is 0 Å². The Balaban J connectivity index is 2.24. The molecule has 1 saturated carbocycles. The summed E-state index contributed by atoms with van der Waals surface area (Å²) in [4.78, 5) is 11.1. The molecule has 0 aromatic heterocycles. The van der Waals surface area contributed by atoms with Gasteiger partial charge in [0.15, 0.2) is 0 Å². The van der Waals surface area contributed by atoms with Crippen LogP contribution in [0.4, 0.5) is 13.6 Å². The molecule has 1 aliphatic carbocycles. The van der Waals surface area contributed by atoms with Crippen molar-refractivity contribution >= 4 is 6.09 Å². The van der Waals surface area contributed by atoms with Crippen molar-refractivity contribution in [1.82, 2.24) is 5.32 Å². The molecule has 1 rings (SSSR count). The predicted octanol–water partition coefficient (Wildman–Crippen LogP) is 2.16. The van der Waals surface area contributed by atoms with E-state index in [2.05, 4.69) is 5.32 Å². The zero-order valence-corrected chi connectivity index (χ0v) is 8.51. The second-order valence-corrected chi connectivity index (χ2v) is 4.49. The maximum Gasteiger partial charge on any atom is 0.407 e. The molecule has 0 aromatic rings. The minimum atomic E-state index is -2.35. The van der Waals surface area contributed by atoms with E-state index in [-0.39, 0.29) is 0 Å². The third kappa shape index (κ3) is 3.47. The van der Waals surface area contributed by atoms with Crippen molar-refractivity contribution in [2.24, 2.45) is 5.92 Å². The van der Waals surface area contributed by atoms with Gasteiger partial charge in [-0.05, 0) is 27.2 Å². The zero-order valence-electron chi connectivity index (χ0n) is 8.51. The number of hydrogen-bond acceptors (Lipinski definition) is 2. The number of alkyl halides is 2. The van der Waals surface area contributed by atoms with Crippen LogP contribution >= 0.6 is 0 Å². The molecule has 14 heavy (non-hydrogen) atoms. The Morgan fingerprint density at radius 3 is 2.43 bits per heavy atom. The molecular weight excluding hydrogens is 192 g/mol. The van der Waals surface area contributed by atoms with Gasteiger partial charge in [0.25, 0.3) is 0 Å². The zero-order chi connectivity index (χ0) is 10.9. The molecule has 1 fully saturated rings. The number of ether oxygens (including phenoxy) is 1. The maximum absolute atomic E-state index is 12.1. The summed E-state index contributed by atoms with van der Waals surface area (Å²) in [5, 5.41) is 2.40. The predicted molar refractivity (Wildman–Crippen MR) is 47.3 cm³/mol. The Morgan fingerprint density at radius 2 is 2.07 bits per heavy atom. The van der Waals surface area contributed by atoms with Crippen LogP contribution in [0.1, 0.15) is 27.2 Å². The molecule has 0 bridgehead atoms. The van der Waals surface area contributed by atoms with Gasteiger partial charge in [-0.1, -0.05) is 0 Å². The van der Waals surface area contributed by atoms with E-state index in [9.17, 15) is 13.6 Å². The van der Waals surface area contributed by atoms with Crippen LogP contribution in [0.5, 0.6) is 0 Å². The first-order chi connectivity index (χ1) is 6.29. The Labute approximate surface area is 81.8 Å². The lowest BCUT2D eigenvalue weighted by molar-refractivity contribution is 0.0509. The molecule has 2 atom stereocenters. The number of rotatable bonds is 2. The molecule has 3 nitrogen and oxygen atoms in total. The fourth-order valence-electron chi connectivity index (χ4n) is 1.12. The Bertz CT molecular complexity index is 225. The smallest absolute Gasteiger partial charge is 0.407 e. The Kier molecular flexibility index (Phi) is 2.97. The quantitative estimate of drug-likeness (QED) is 0.753. The number of hydrogen-bond donors (Lipinski definition) is 1. The highest BCUT2D eigenvalue weighted by atomic mass is 19.3. The standard InChI is InChI=1S/C9H15F2NO2/c1-9(2,3)14-8(13)12-6-4-5(6)7(10)11/h5-7H,4H2,1-3H3,(H,12,13). The van der Waals surface area contributed by atoms with Crippen LogP contribution in [0.3, 0.4) is 0 Å². The van der Waals surface area contributed by atoms with Gasteiger partial charge >= 0.3 is 6.09 Å². The lowest BCUT2D eigenvalue weighted by atomic mass is 10.2. The highest BCUT2D eigenvalue weighted by molar-refractivity contribution is 5.68. The summed E-state index contributed by atoms with van der Waals surface area (Å²) in [6, 6.07) is -0.412. The van der Waals surface area contributed by atoms with E-state index < -0.39 is 30.1 Å². The summed E-state index contributed by atoms with van der Waals surface area (Å²) < 4.78 is 29.1. The van der Waals surface area contributed by atoms with E-state index in [0.717, 1.165) is 0 Å². The number of nitrogens with one attached hydrogen (secondary N) is 1. The molecule has 1 N–H and O–H groups in total. The molecule has 0 radical (unpaired) electrons. The second kappa shape index (κ2) is 3.71. The van der Waals surface area contributed by atoms with Gasteiger partial charge in [0.1, 0.15) is 5.60 Å². The summed E-state index contributed by atoms with van der Waals surface area (Å²) in [6.45, 7) is 5.18. The molecule has 82 valence electrons. The molecule has 0 heterocycles. The third-order valence-electron chi connectivity index (χ3n) is 1.87. The van der Waals surface area contributed by atoms with Crippen molar-refractivity contribution in [2.75, 3.05) is 0 Å². The summed E-state index contributed by atoms with van der Waals surface area (Å²) >= 11 is 0. The van der Waals surface area contributed by atoms with Crippen molar-refractivity contribution in [3.8, 4) is 0 Å². The summed E-state index contributed by atoms with van der Waals surface area (Å²) in [7, 11) is 0. The Hall–Kier alpha value is -0.870. The number of amides is 1. The van der Waals surface area contributed by atoms with Crippen molar-refractivity contribution in [1.29, 1.82) is 0 Å². The normalized spacial score (nSPS) is 26.1. The van der Waals surface area contributed by atoms with Crippen molar-refractivity contribution in [3.05, 3.63) is 0 Å². The van der Waals surface area contributed by atoms with Crippen LogP contribution in [0.25, 0.3) is 0 Å². The number of alkyl carbamates (subject to hydrolysis) is 1. The second-order valence-electron chi connectivity index (χ2n) is 4.49. The first-order valence-corrected chi connectivity index (χ1v) is 4.57. The lowest BCUT2D eigenvalue weighted by Crippen LogP contribution is -2.34. The molecule has 1 amide bonds. The average molecular weight is 207 g/mol. The third-order valence-corrected chi connectivity index (χ3v) is 1.87. The first kappa shape index (κ1) is 11.2. The van der Waals surface area contributed by atoms with E-state index in [4.69, 9.17) is 4.74 Å². The topological polar surface area (TPSA) is 38.3 Å². The van der Waals surface area contributed by atoms with Crippen molar-refractivity contribution < 1.29 is 18.3 Å². The van der Waals surface area contributed by atoms with Gasteiger partial charge in [0.2, 0.25) is 6.43 Å².